The van der Waals surface area contributed by atoms with Crippen LogP contribution in [0.2, 0.25) is 0 Å². The van der Waals surface area contributed by atoms with E-state index in [1.807, 2.05) is 191 Å². The average molecular weight is 1470 g/mol. The lowest BCUT2D eigenvalue weighted by atomic mass is 9.99. The number of thiocarbonyl (C=S) groups is 5. The summed E-state index contributed by atoms with van der Waals surface area (Å²) in [5.41, 5.74) is 10.7. The molecule has 0 radical (unpaired) electrons. The SMILES string of the molecule is O=[N+]([O-])c1ccc(CN2C(=S)CC=C2c2ccccc2)cc1.OC1(c2ccccc2)CCC(=S)N1Cc1ccc2[nH]ccc2c1.OC1(c2ccccc2)CCC(=S)N1Cc1ccccn1.OC1(c2ccccc2)CCC(=S)N1Cc1ccncc1.S=C1CC=C(c2ccccc2)N1Cc1ccccn1. The highest BCUT2D eigenvalue weighted by molar-refractivity contribution is 7.81. The van der Waals surface area contributed by atoms with Gasteiger partial charge in [0, 0.05) is 148 Å². The Balaban J connectivity index is 0.000000122. The van der Waals surface area contributed by atoms with Gasteiger partial charge in [0.25, 0.3) is 5.69 Å². The molecular weight excluding hydrogens is 1390 g/mol. The first-order chi connectivity index (χ1) is 50.6. The highest BCUT2D eigenvalue weighted by Crippen LogP contribution is 2.42. The first-order valence-corrected chi connectivity index (χ1v) is 36.5. The van der Waals surface area contributed by atoms with Crippen molar-refractivity contribution in [1.29, 1.82) is 0 Å². The molecule has 20 heteroatoms. The van der Waals surface area contributed by atoms with Crippen LogP contribution in [0.15, 0.2) is 292 Å². The molecule has 11 aromatic rings. The second-order valence-corrected chi connectivity index (χ2v) is 27.9. The maximum Gasteiger partial charge on any atom is 0.269 e. The molecule has 9 heterocycles. The van der Waals surface area contributed by atoms with E-state index in [-0.39, 0.29) is 10.6 Å². The molecule has 3 unspecified atom stereocenters. The number of fused-ring (bicyclic) bond motifs is 1. The smallest absolute Gasteiger partial charge is 0.269 e. The minimum Gasteiger partial charge on any atom is -0.367 e. The topological polar surface area (TPSA) is 174 Å². The van der Waals surface area contributed by atoms with Gasteiger partial charge in [-0.2, -0.15) is 0 Å². The Morgan fingerprint density at radius 1 is 0.413 bits per heavy atom. The number of aromatic nitrogens is 4. The number of hydrogen-bond acceptors (Lipinski definition) is 13. The molecule has 0 spiro atoms. The van der Waals surface area contributed by atoms with Crippen molar-refractivity contribution in [1.82, 2.24) is 44.4 Å². The Hall–Kier alpha value is -10.3. The summed E-state index contributed by atoms with van der Waals surface area (Å²) >= 11 is 27.3. The number of nitro benzene ring substituents is 1. The third-order valence-corrected chi connectivity index (χ3v) is 21.0. The lowest BCUT2D eigenvalue weighted by molar-refractivity contribution is -0.384. The van der Waals surface area contributed by atoms with E-state index in [4.69, 9.17) is 61.1 Å². The monoisotopic (exact) mass is 1470 g/mol. The van der Waals surface area contributed by atoms with Crippen LogP contribution in [0.25, 0.3) is 22.3 Å². The summed E-state index contributed by atoms with van der Waals surface area (Å²) in [6.45, 7) is 3.11. The molecule has 16 rings (SSSR count). The Labute approximate surface area is 633 Å². The molecule has 0 amide bonds. The number of aromatic amines is 1. The summed E-state index contributed by atoms with van der Waals surface area (Å²) in [6.07, 6.45) is 19.1. The van der Waals surface area contributed by atoms with Gasteiger partial charge < -0.3 is 44.8 Å². The number of nitrogens with one attached hydrogen (secondary N) is 1. The number of nitrogens with zero attached hydrogens (tertiary/aromatic N) is 9. The first-order valence-electron chi connectivity index (χ1n) is 34.4. The van der Waals surface area contributed by atoms with Gasteiger partial charge >= 0.3 is 0 Å². The minimum absolute atomic E-state index is 0.103. The third-order valence-electron chi connectivity index (χ3n) is 18.9. The molecule has 4 aromatic heterocycles. The Morgan fingerprint density at radius 2 is 0.808 bits per heavy atom. The van der Waals surface area contributed by atoms with E-state index in [1.165, 1.54) is 28.8 Å². The van der Waals surface area contributed by atoms with Gasteiger partial charge in [-0.3, -0.25) is 25.1 Å². The molecule has 5 aliphatic rings. The van der Waals surface area contributed by atoms with Crippen molar-refractivity contribution in [3.8, 4) is 0 Å². The van der Waals surface area contributed by atoms with E-state index < -0.39 is 17.2 Å². The lowest BCUT2D eigenvalue weighted by Gasteiger charge is -2.35. The van der Waals surface area contributed by atoms with Crippen LogP contribution in [0, 0.1) is 10.1 Å². The zero-order valence-corrected chi connectivity index (χ0v) is 61.2. The molecule has 3 atom stereocenters. The average Bonchev–Trinajstić information content (AvgIpc) is 1.62. The van der Waals surface area contributed by atoms with Crippen molar-refractivity contribution in [2.75, 3.05) is 0 Å². The van der Waals surface area contributed by atoms with Gasteiger partial charge in [-0.25, -0.2) is 0 Å². The van der Waals surface area contributed by atoms with Gasteiger partial charge in [-0.15, -0.1) is 0 Å². The first kappa shape index (κ1) is 73.5. The molecule has 5 aliphatic heterocycles. The van der Waals surface area contributed by atoms with Crippen molar-refractivity contribution in [3.63, 3.8) is 0 Å². The minimum atomic E-state index is -1.02. The number of H-pyrrole nitrogens is 1. The molecule has 3 fully saturated rings. The van der Waals surface area contributed by atoms with E-state index in [9.17, 15) is 25.4 Å². The number of aliphatic hydroxyl groups is 3. The molecule has 3 saturated heterocycles. The summed E-state index contributed by atoms with van der Waals surface area (Å²) in [6, 6.07) is 80.4. The molecule has 0 saturated carbocycles. The molecule has 7 aromatic carbocycles. The molecule has 524 valence electrons. The van der Waals surface area contributed by atoms with Crippen LogP contribution in [0.5, 0.6) is 0 Å². The van der Waals surface area contributed by atoms with Gasteiger partial charge in [0.1, 0.15) is 0 Å². The summed E-state index contributed by atoms with van der Waals surface area (Å²) in [5, 5.41) is 45.3. The summed E-state index contributed by atoms with van der Waals surface area (Å²) < 4.78 is 0. The quantitative estimate of drug-likeness (QED) is 0.0408. The lowest BCUT2D eigenvalue weighted by Crippen LogP contribution is -2.42. The summed E-state index contributed by atoms with van der Waals surface area (Å²) in [5.74, 6) is 0. The normalized spacial score (nSPS) is 18.9. The summed E-state index contributed by atoms with van der Waals surface area (Å²) in [4.78, 5) is 40.5. The van der Waals surface area contributed by atoms with E-state index in [2.05, 4.69) is 103 Å². The number of benzene rings is 7. The van der Waals surface area contributed by atoms with Gasteiger partial charge in [-0.1, -0.05) is 255 Å². The van der Waals surface area contributed by atoms with Crippen molar-refractivity contribution < 1.29 is 20.2 Å². The predicted octanol–water partition coefficient (Wildman–Crippen LogP) is 17.5. The second kappa shape index (κ2) is 34.4. The van der Waals surface area contributed by atoms with Crippen LogP contribution in [0.4, 0.5) is 5.69 Å². The molecule has 0 aliphatic carbocycles. The summed E-state index contributed by atoms with van der Waals surface area (Å²) in [7, 11) is 0. The highest BCUT2D eigenvalue weighted by atomic mass is 32.1. The van der Waals surface area contributed by atoms with Crippen LogP contribution in [0.3, 0.4) is 0 Å². The van der Waals surface area contributed by atoms with Crippen LogP contribution in [-0.2, 0) is 49.9 Å². The van der Waals surface area contributed by atoms with Crippen LogP contribution < -0.4 is 0 Å². The van der Waals surface area contributed by atoms with Crippen molar-refractivity contribution in [2.45, 2.75) is 101 Å². The Morgan fingerprint density at radius 3 is 1.25 bits per heavy atom. The maximum absolute atomic E-state index is 11.3. The van der Waals surface area contributed by atoms with Crippen LogP contribution >= 0.6 is 61.1 Å². The Bertz CT molecular complexity index is 4710. The van der Waals surface area contributed by atoms with Crippen LogP contribution in [-0.4, -0.2) is 89.6 Å². The molecular formula is C84H78N10O5S5. The largest absolute Gasteiger partial charge is 0.367 e. The number of nitro groups is 1. The fourth-order valence-electron chi connectivity index (χ4n) is 13.4. The zero-order chi connectivity index (χ0) is 72.5. The van der Waals surface area contributed by atoms with Crippen molar-refractivity contribution in [2.24, 2.45) is 0 Å². The fraction of sp³-hybridized carbons (Fsp3) is 0.190. The fourth-order valence-corrected chi connectivity index (χ4v) is 14.8. The number of likely N-dealkylation sites (tertiary alicyclic amines) is 3. The van der Waals surface area contributed by atoms with Gasteiger partial charge in [-0.05, 0) is 87.8 Å². The van der Waals surface area contributed by atoms with Gasteiger partial charge in [0.05, 0.1) is 54.3 Å². The van der Waals surface area contributed by atoms with E-state index in [1.54, 1.807) is 30.7 Å². The number of rotatable bonds is 16. The number of hydrogen-bond donors (Lipinski definition) is 4. The Kier molecular flexibility index (Phi) is 24.3. The zero-order valence-electron chi connectivity index (χ0n) is 57.1. The van der Waals surface area contributed by atoms with E-state index in [0.717, 1.165) is 125 Å². The predicted molar refractivity (Wildman–Crippen MR) is 432 cm³/mol. The van der Waals surface area contributed by atoms with E-state index in [0.29, 0.717) is 45.4 Å². The number of non-ortho nitro benzene ring substituents is 1. The third kappa shape index (κ3) is 17.7. The van der Waals surface area contributed by atoms with Gasteiger partial charge in [0.2, 0.25) is 0 Å². The van der Waals surface area contributed by atoms with Crippen molar-refractivity contribution in [3.05, 3.63) is 358 Å². The molecule has 15 nitrogen and oxygen atoms in total. The van der Waals surface area contributed by atoms with Gasteiger partial charge in [0.15, 0.2) is 17.2 Å². The van der Waals surface area contributed by atoms with Crippen LogP contribution in [0.1, 0.15) is 107 Å². The molecule has 104 heavy (non-hydrogen) atoms. The molecule has 0 bridgehead atoms. The highest BCUT2D eigenvalue weighted by Gasteiger charge is 2.45. The van der Waals surface area contributed by atoms with E-state index >= 15 is 0 Å². The molecule has 4 N–H and O–H groups in total. The van der Waals surface area contributed by atoms with Crippen molar-refractivity contribution >= 4 is 114 Å². The standard InChI is InChI=1S/C19H18N2OS.C17H14N2O2S.2C16H16N2OS.C16H14N2S/c22-19(16-4-2-1-3-5-16)10-8-18(23)21(19)13-14-6-7-17-15(12-14)9-11-20-17;20-19(21)15-8-6-13(7-9-15)12-18-16(10-11-17(18)22)14-4-2-1-3-5-14;19-16(13-6-2-1-3-7-13)10-9-15(20)18(16)12-14-8-4-5-11-17-14;19-16(14-4-2-1-3-5-14)9-6-15(20)18(16)12-13-7-10-17-11-8-13;19-16-10-9-15(13-6-2-1-3-7-13)18(16)12-14-8-4-5-11-17-14/h1-7,9,11-12,20,22H,8,10,13H2;1-10H,11-12H2;1-8,11,19H,9-10,12H2;1-5,7-8,10-11,19H,6,9,12H2;1-9,11H,10,12H2. The number of pyridine rings is 3. The maximum atomic E-state index is 11.3. The second-order valence-electron chi connectivity index (χ2n) is 25.6.